The Bertz CT molecular complexity index is 162. The molecule has 0 unspecified atom stereocenters. The van der Waals surface area contributed by atoms with Crippen molar-refractivity contribution in [1.29, 1.82) is 5.41 Å². The number of aliphatic hydroxyl groups is 1. The first kappa shape index (κ1) is 14.4. The average Bonchev–Trinajstić information content (AvgIpc) is 2.19. The number of rotatable bonds is 10. The molecule has 15 heavy (non-hydrogen) atoms. The zero-order valence-corrected chi connectivity index (χ0v) is 9.84. The lowest BCUT2D eigenvalue weighted by molar-refractivity contribution is 0.272. The van der Waals surface area contributed by atoms with Gasteiger partial charge < -0.3 is 15.7 Å². The van der Waals surface area contributed by atoms with Crippen molar-refractivity contribution in [2.75, 3.05) is 26.7 Å². The summed E-state index contributed by atoms with van der Waals surface area (Å²) in [6.07, 6.45) is 6.01. The second kappa shape index (κ2) is 9.93. The number of nitrogens with one attached hydrogen (secondary N) is 1. The van der Waals surface area contributed by atoms with Gasteiger partial charge in [-0.1, -0.05) is 0 Å². The van der Waals surface area contributed by atoms with Gasteiger partial charge in [0.05, 0.1) is 5.84 Å². The third-order valence-corrected chi connectivity index (χ3v) is 2.43. The molecule has 4 N–H and O–H groups in total. The molecule has 0 spiro atoms. The monoisotopic (exact) mass is 215 g/mol. The molecule has 0 bridgehead atoms. The van der Waals surface area contributed by atoms with Crippen LogP contribution in [0.4, 0.5) is 0 Å². The predicted molar refractivity (Wildman–Crippen MR) is 64.2 cm³/mol. The number of hydrogen-bond acceptors (Lipinski definition) is 3. The molecule has 0 amide bonds. The molecule has 0 rings (SSSR count). The van der Waals surface area contributed by atoms with Crippen molar-refractivity contribution in [3.63, 3.8) is 0 Å². The predicted octanol–water partition coefficient (Wildman–Crippen LogP) is 1.19. The zero-order chi connectivity index (χ0) is 11.5. The van der Waals surface area contributed by atoms with E-state index in [1.165, 1.54) is 0 Å². The van der Waals surface area contributed by atoms with Gasteiger partial charge in [0.2, 0.25) is 0 Å². The molecule has 0 saturated carbocycles. The van der Waals surface area contributed by atoms with Gasteiger partial charge in [-0.15, -0.1) is 0 Å². The first-order chi connectivity index (χ1) is 7.16. The van der Waals surface area contributed by atoms with E-state index in [9.17, 15) is 0 Å². The van der Waals surface area contributed by atoms with E-state index in [4.69, 9.17) is 16.2 Å². The Labute approximate surface area is 93.0 Å². The van der Waals surface area contributed by atoms with Crippen molar-refractivity contribution in [2.24, 2.45) is 5.73 Å². The van der Waals surface area contributed by atoms with Crippen molar-refractivity contribution in [3.8, 4) is 0 Å². The molecule has 4 nitrogen and oxygen atoms in total. The van der Waals surface area contributed by atoms with Crippen LogP contribution in [0.3, 0.4) is 0 Å². The van der Waals surface area contributed by atoms with Crippen LogP contribution in [0.25, 0.3) is 0 Å². The van der Waals surface area contributed by atoms with E-state index in [1.807, 2.05) is 0 Å². The average molecular weight is 215 g/mol. The van der Waals surface area contributed by atoms with Crippen LogP contribution in [0.15, 0.2) is 0 Å². The van der Waals surface area contributed by atoms with Gasteiger partial charge in [0.15, 0.2) is 0 Å². The molecule has 0 atom stereocenters. The number of amidine groups is 1. The van der Waals surface area contributed by atoms with Crippen LogP contribution in [0.5, 0.6) is 0 Å². The van der Waals surface area contributed by atoms with Gasteiger partial charge in [-0.2, -0.15) is 0 Å². The Balaban J connectivity index is 3.18. The second-order valence-corrected chi connectivity index (χ2v) is 4.07. The smallest absolute Gasteiger partial charge is 0.0905 e. The maximum absolute atomic E-state index is 8.61. The minimum atomic E-state index is 0.292. The molecule has 90 valence electrons. The zero-order valence-electron chi connectivity index (χ0n) is 9.84. The topological polar surface area (TPSA) is 73.3 Å². The third kappa shape index (κ3) is 11.3. The van der Waals surface area contributed by atoms with Crippen LogP contribution >= 0.6 is 0 Å². The summed E-state index contributed by atoms with van der Waals surface area (Å²) in [5.74, 6) is 0.292. The summed E-state index contributed by atoms with van der Waals surface area (Å²) in [6.45, 7) is 2.48. The van der Waals surface area contributed by atoms with Gasteiger partial charge in [0.25, 0.3) is 0 Å². The van der Waals surface area contributed by atoms with E-state index in [-0.39, 0.29) is 0 Å². The van der Waals surface area contributed by atoms with Gasteiger partial charge in [0.1, 0.15) is 0 Å². The van der Waals surface area contributed by atoms with Crippen molar-refractivity contribution in [2.45, 2.75) is 38.5 Å². The highest BCUT2D eigenvalue weighted by atomic mass is 16.2. The van der Waals surface area contributed by atoms with Crippen LogP contribution in [0.2, 0.25) is 0 Å². The van der Waals surface area contributed by atoms with E-state index in [1.54, 1.807) is 0 Å². The minimum absolute atomic E-state index is 0.292. The molecule has 0 radical (unpaired) electrons. The lowest BCUT2D eigenvalue weighted by Crippen LogP contribution is -2.21. The highest BCUT2D eigenvalue weighted by Gasteiger charge is 1.98. The summed E-state index contributed by atoms with van der Waals surface area (Å²) in [5, 5.41) is 15.7. The summed E-state index contributed by atoms with van der Waals surface area (Å²) in [4.78, 5) is 2.30. The maximum Gasteiger partial charge on any atom is 0.0905 e. The molecule has 0 fully saturated rings. The lowest BCUT2D eigenvalue weighted by Gasteiger charge is -2.15. The molecular formula is C11H25N3O. The Morgan fingerprint density at radius 2 is 1.73 bits per heavy atom. The standard InChI is InChI=1S/C11H25N3O/c1-14(8-4-2-6-10-15)9-5-3-7-11(12)13/h15H,2-10H2,1H3,(H3,12,13). The Kier molecular flexibility index (Phi) is 9.52. The molecule has 0 aromatic rings. The lowest BCUT2D eigenvalue weighted by atomic mass is 10.2. The van der Waals surface area contributed by atoms with E-state index < -0.39 is 0 Å². The minimum Gasteiger partial charge on any atom is -0.396 e. The summed E-state index contributed by atoms with van der Waals surface area (Å²) in [6, 6.07) is 0. The number of unbranched alkanes of at least 4 members (excludes halogenated alkanes) is 3. The number of hydrogen-bond donors (Lipinski definition) is 3. The van der Waals surface area contributed by atoms with Crippen LogP contribution in [0.1, 0.15) is 38.5 Å². The molecular weight excluding hydrogens is 190 g/mol. The van der Waals surface area contributed by atoms with E-state index >= 15 is 0 Å². The largest absolute Gasteiger partial charge is 0.396 e. The number of nitrogens with zero attached hydrogens (tertiary/aromatic N) is 1. The maximum atomic E-state index is 8.61. The second-order valence-electron chi connectivity index (χ2n) is 4.07. The highest BCUT2D eigenvalue weighted by molar-refractivity contribution is 5.76. The molecule has 0 heterocycles. The number of aliphatic hydroxyl groups excluding tert-OH is 1. The van der Waals surface area contributed by atoms with E-state index in [2.05, 4.69) is 11.9 Å². The van der Waals surface area contributed by atoms with Gasteiger partial charge in [0, 0.05) is 13.0 Å². The first-order valence-corrected chi connectivity index (χ1v) is 5.79. The third-order valence-electron chi connectivity index (χ3n) is 2.43. The van der Waals surface area contributed by atoms with Crippen LogP contribution in [-0.4, -0.2) is 42.6 Å². The fourth-order valence-corrected chi connectivity index (χ4v) is 1.48. The van der Waals surface area contributed by atoms with Gasteiger partial charge in [-0.3, -0.25) is 5.41 Å². The molecule has 4 heteroatoms. The first-order valence-electron chi connectivity index (χ1n) is 5.79. The quantitative estimate of drug-likeness (QED) is 0.291. The Morgan fingerprint density at radius 3 is 2.27 bits per heavy atom. The van der Waals surface area contributed by atoms with Crippen molar-refractivity contribution in [1.82, 2.24) is 4.90 Å². The van der Waals surface area contributed by atoms with Crippen LogP contribution in [-0.2, 0) is 0 Å². The molecule has 0 aromatic heterocycles. The molecule has 0 saturated heterocycles. The summed E-state index contributed by atoms with van der Waals surface area (Å²) >= 11 is 0. The fraction of sp³-hybridized carbons (Fsp3) is 0.909. The van der Waals surface area contributed by atoms with Gasteiger partial charge in [-0.25, -0.2) is 0 Å². The summed E-state index contributed by atoms with van der Waals surface area (Å²) < 4.78 is 0. The molecule has 0 aliphatic carbocycles. The molecule has 0 aromatic carbocycles. The molecule has 0 aliphatic rings. The van der Waals surface area contributed by atoms with E-state index in [0.29, 0.717) is 12.4 Å². The normalized spacial score (nSPS) is 10.9. The van der Waals surface area contributed by atoms with Crippen LogP contribution < -0.4 is 5.73 Å². The van der Waals surface area contributed by atoms with Gasteiger partial charge >= 0.3 is 0 Å². The van der Waals surface area contributed by atoms with Crippen molar-refractivity contribution >= 4 is 5.84 Å². The Hall–Kier alpha value is -0.610. The van der Waals surface area contributed by atoms with Crippen LogP contribution in [0, 0.1) is 5.41 Å². The summed E-state index contributed by atoms with van der Waals surface area (Å²) in [5.41, 5.74) is 5.27. The van der Waals surface area contributed by atoms with E-state index in [0.717, 1.165) is 51.6 Å². The highest BCUT2D eigenvalue weighted by Crippen LogP contribution is 2.00. The molecule has 0 aliphatic heterocycles. The fourth-order valence-electron chi connectivity index (χ4n) is 1.48. The van der Waals surface area contributed by atoms with Gasteiger partial charge in [-0.05, 0) is 52.2 Å². The van der Waals surface area contributed by atoms with Crippen molar-refractivity contribution in [3.05, 3.63) is 0 Å². The summed E-state index contributed by atoms with van der Waals surface area (Å²) in [7, 11) is 2.12. The SMILES string of the molecule is CN(CCCCCO)CCCCC(=N)N. The van der Waals surface area contributed by atoms with Crippen molar-refractivity contribution < 1.29 is 5.11 Å². The Morgan fingerprint density at radius 1 is 1.13 bits per heavy atom. The number of nitrogens with two attached hydrogens (primary N) is 1.